The van der Waals surface area contributed by atoms with E-state index >= 15 is 0 Å². The zero-order valence-electron chi connectivity index (χ0n) is 13.5. The largest absolute Gasteiger partial charge is 0.490 e. The van der Waals surface area contributed by atoms with Crippen molar-refractivity contribution in [3.8, 4) is 5.75 Å². The highest BCUT2D eigenvalue weighted by molar-refractivity contribution is 9.10. The van der Waals surface area contributed by atoms with Gasteiger partial charge in [0.15, 0.2) is 5.75 Å². The smallest absolute Gasteiger partial charge is 0.312 e. The Labute approximate surface area is 144 Å². The van der Waals surface area contributed by atoms with Crippen LogP contribution in [-0.4, -0.2) is 60.4 Å². The molecule has 1 fully saturated rings. The third-order valence-corrected chi connectivity index (χ3v) is 4.82. The number of halogens is 1. The summed E-state index contributed by atoms with van der Waals surface area (Å²) < 4.78 is 5.81. The summed E-state index contributed by atoms with van der Waals surface area (Å²) in [6.45, 7) is 6.58. The van der Waals surface area contributed by atoms with E-state index in [9.17, 15) is 15.2 Å². The molecule has 1 aromatic rings. The van der Waals surface area contributed by atoms with Crippen molar-refractivity contribution in [2.24, 2.45) is 0 Å². The Morgan fingerprint density at radius 3 is 2.70 bits per heavy atom. The predicted octanol–water partition coefficient (Wildman–Crippen LogP) is 2.26. The monoisotopic (exact) mass is 387 g/mol. The molecule has 1 saturated heterocycles. The lowest BCUT2D eigenvalue weighted by atomic mass is 10.1. The van der Waals surface area contributed by atoms with Crippen LogP contribution in [0, 0.1) is 10.1 Å². The van der Waals surface area contributed by atoms with E-state index in [-0.39, 0.29) is 24.1 Å². The molecule has 8 heteroatoms. The van der Waals surface area contributed by atoms with Crippen molar-refractivity contribution in [1.82, 2.24) is 4.90 Å². The van der Waals surface area contributed by atoms with Crippen molar-refractivity contribution in [3.05, 3.63) is 26.7 Å². The molecule has 1 aliphatic heterocycles. The zero-order valence-corrected chi connectivity index (χ0v) is 15.1. The van der Waals surface area contributed by atoms with Gasteiger partial charge in [0.25, 0.3) is 0 Å². The Morgan fingerprint density at radius 1 is 1.48 bits per heavy atom. The van der Waals surface area contributed by atoms with Gasteiger partial charge in [-0.2, -0.15) is 0 Å². The number of ether oxygens (including phenoxy) is 1. The van der Waals surface area contributed by atoms with Gasteiger partial charge in [0.05, 0.1) is 30.4 Å². The Hall–Kier alpha value is -1.38. The molecule has 1 N–H and O–H groups in total. The molecular weight excluding hydrogens is 366 g/mol. The fourth-order valence-corrected chi connectivity index (χ4v) is 3.59. The average Bonchev–Trinajstić information content (AvgIpc) is 2.53. The third-order valence-electron chi connectivity index (χ3n) is 4.19. The molecule has 1 aliphatic rings. The zero-order chi connectivity index (χ0) is 17.1. The number of methoxy groups -OCH3 is 1. The third kappa shape index (κ3) is 3.76. The van der Waals surface area contributed by atoms with E-state index in [2.05, 4.69) is 39.6 Å². The van der Waals surface area contributed by atoms with Gasteiger partial charge in [0, 0.05) is 42.3 Å². The Kier molecular flexibility index (Phi) is 5.83. The topological polar surface area (TPSA) is 79.1 Å². The second kappa shape index (κ2) is 7.46. The summed E-state index contributed by atoms with van der Waals surface area (Å²) in [7, 11) is 1.42. The van der Waals surface area contributed by atoms with Crippen LogP contribution in [-0.2, 0) is 0 Å². The van der Waals surface area contributed by atoms with Gasteiger partial charge in [0.1, 0.15) is 0 Å². The van der Waals surface area contributed by atoms with Crippen molar-refractivity contribution in [3.63, 3.8) is 0 Å². The van der Waals surface area contributed by atoms with E-state index in [0.717, 1.165) is 18.8 Å². The van der Waals surface area contributed by atoms with E-state index in [1.165, 1.54) is 13.2 Å². The summed E-state index contributed by atoms with van der Waals surface area (Å²) in [5, 5.41) is 20.8. The van der Waals surface area contributed by atoms with Gasteiger partial charge in [-0.15, -0.1) is 0 Å². The van der Waals surface area contributed by atoms with Crippen LogP contribution in [0.5, 0.6) is 5.75 Å². The van der Waals surface area contributed by atoms with Crippen LogP contribution >= 0.6 is 15.9 Å². The van der Waals surface area contributed by atoms with Crippen LogP contribution in [0.15, 0.2) is 16.6 Å². The number of benzene rings is 1. The maximum atomic E-state index is 11.1. The number of piperazine rings is 1. The Balaban J connectivity index is 2.30. The Bertz CT molecular complexity index is 582. The number of hydrogen-bond acceptors (Lipinski definition) is 6. The SMILES string of the molecule is COc1cc(N2CCN(C(C)C)C(CO)C2)c(Br)cc1[N+](=O)[O-]. The molecule has 128 valence electrons. The van der Waals surface area contributed by atoms with E-state index in [0.29, 0.717) is 17.1 Å². The minimum Gasteiger partial charge on any atom is -0.490 e. The molecule has 23 heavy (non-hydrogen) atoms. The van der Waals surface area contributed by atoms with E-state index in [1.807, 2.05) is 0 Å². The summed E-state index contributed by atoms with van der Waals surface area (Å²) in [6.07, 6.45) is 0. The van der Waals surface area contributed by atoms with Crippen LogP contribution < -0.4 is 9.64 Å². The molecule has 0 amide bonds. The predicted molar refractivity (Wildman–Crippen MR) is 92.3 cm³/mol. The van der Waals surface area contributed by atoms with Crippen LogP contribution in [0.1, 0.15) is 13.8 Å². The van der Waals surface area contributed by atoms with Crippen LogP contribution in [0.25, 0.3) is 0 Å². The Morgan fingerprint density at radius 2 is 2.17 bits per heavy atom. The molecule has 1 atom stereocenters. The van der Waals surface area contributed by atoms with Crippen LogP contribution in [0.3, 0.4) is 0 Å². The van der Waals surface area contributed by atoms with Gasteiger partial charge in [-0.05, 0) is 29.8 Å². The average molecular weight is 388 g/mol. The van der Waals surface area contributed by atoms with Crippen molar-refractivity contribution in [2.75, 3.05) is 38.3 Å². The van der Waals surface area contributed by atoms with Gasteiger partial charge < -0.3 is 14.7 Å². The minimum atomic E-state index is -0.458. The number of aliphatic hydroxyl groups excluding tert-OH is 1. The summed E-state index contributed by atoms with van der Waals surface area (Å²) in [5.41, 5.74) is 0.775. The van der Waals surface area contributed by atoms with Gasteiger partial charge in [-0.3, -0.25) is 15.0 Å². The molecular formula is C15H22BrN3O4. The molecule has 7 nitrogen and oxygen atoms in total. The van der Waals surface area contributed by atoms with Crippen molar-refractivity contribution in [2.45, 2.75) is 25.9 Å². The molecule has 1 heterocycles. The fraction of sp³-hybridized carbons (Fsp3) is 0.600. The normalized spacial score (nSPS) is 19.2. The molecule has 0 bridgehead atoms. The standard InChI is InChI=1S/C15H22BrN3O4/c1-10(2)18-5-4-17(8-11(18)9-20)13-7-15(23-3)14(19(21)22)6-12(13)16/h6-7,10-11,20H,4-5,8-9H2,1-3H3. The number of hydrogen-bond donors (Lipinski definition) is 1. The molecule has 1 aromatic carbocycles. The molecule has 0 aliphatic carbocycles. The minimum absolute atomic E-state index is 0.0387. The van der Waals surface area contributed by atoms with Gasteiger partial charge in [-0.1, -0.05) is 0 Å². The first-order valence-corrected chi connectivity index (χ1v) is 8.31. The van der Waals surface area contributed by atoms with E-state index in [4.69, 9.17) is 4.74 Å². The molecule has 0 spiro atoms. The first-order valence-electron chi connectivity index (χ1n) is 7.52. The number of nitro benzene ring substituents is 1. The van der Waals surface area contributed by atoms with Crippen molar-refractivity contribution in [1.29, 1.82) is 0 Å². The first kappa shape index (κ1) is 18.0. The summed E-state index contributed by atoms with van der Waals surface area (Å²) >= 11 is 3.42. The quantitative estimate of drug-likeness (QED) is 0.616. The second-order valence-electron chi connectivity index (χ2n) is 5.85. The number of nitro groups is 1. The summed E-state index contributed by atoms with van der Waals surface area (Å²) in [5.74, 6) is 0.236. The van der Waals surface area contributed by atoms with E-state index < -0.39 is 4.92 Å². The van der Waals surface area contributed by atoms with Crippen molar-refractivity contribution < 1.29 is 14.8 Å². The molecule has 2 rings (SSSR count). The lowest BCUT2D eigenvalue weighted by Crippen LogP contribution is -2.57. The molecule has 0 aromatic heterocycles. The van der Waals surface area contributed by atoms with E-state index in [1.54, 1.807) is 6.07 Å². The van der Waals surface area contributed by atoms with Crippen molar-refractivity contribution >= 4 is 27.3 Å². The number of anilines is 1. The van der Waals surface area contributed by atoms with Gasteiger partial charge >= 0.3 is 5.69 Å². The van der Waals surface area contributed by atoms with Gasteiger partial charge in [0.2, 0.25) is 0 Å². The summed E-state index contributed by atoms with van der Waals surface area (Å²) in [4.78, 5) is 15.0. The maximum absolute atomic E-state index is 11.1. The maximum Gasteiger partial charge on any atom is 0.312 e. The second-order valence-corrected chi connectivity index (χ2v) is 6.70. The highest BCUT2D eigenvalue weighted by atomic mass is 79.9. The highest BCUT2D eigenvalue weighted by Crippen LogP contribution is 2.38. The van der Waals surface area contributed by atoms with Gasteiger partial charge in [-0.25, -0.2) is 0 Å². The number of aliphatic hydroxyl groups is 1. The number of nitrogens with zero attached hydrogens (tertiary/aromatic N) is 3. The number of rotatable bonds is 5. The van der Waals surface area contributed by atoms with Crippen LogP contribution in [0.2, 0.25) is 0 Å². The first-order chi connectivity index (χ1) is 10.9. The molecule has 0 radical (unpaired) electrons. The highest BCUT2D eigenvalue weighted by Gasteiger charge is 2.30. The summed E-state index contributed by atoms with van der Waals surface area (Å²) in [6, 6.07) is 3.56. The fourth-order valence-electron chi connectivity index (χ4n) is 3.01. The molecule has 0 saturated carbocycles. The lowest BCUT2D eigenvalue weighted by Gasteiger charge is -2.44. The lowest BCUT2D eigenvalue weighted by molar-refractivity contribution is -0.385. The molecule has 1 unspecified atom stereocenters. The van der Waals surface area contributed by atoms with Crippen LogP contribution in [0.4, 0.5) is 11.4 Å².